The molecule has 0 aromatic heterocycles. The molecule has 0 heterocycles. The van der Waals surface area contributed by atoms with Gasteiger partial charge < -0.3 is 4.74 Å². The molecule has 0 unspecified atom stereocenters. The van der Waals surface area contributed by atoms with Crippen molar-refractivity contribution in [2.24, 2.45) is 0 Å². The van der Waals surface area contributed by atoms with E-state index in [1.165, 1.54) is 25.7 Å². The van der Waals surface area contributed by atoms with Crippen molar-refractivity contribution >= 4 is 5.97 Å². The molecular weight excluding hydrogens is 188 g/mol. The van der Waals surface area contributed by atoms with Gasteiger partial charge in [-0.1, -0.05) is 52.4 Å². The van der Waals surface area contributed by atoms with Crippen LogP contribution in [0.1, 0.15) is 71.6 Å². The van der Waals surface area contributed by atoms with Crippen LogP contribution < -0.4 is 0 Å². The number of carbonyl (C=O) groups excluding carboxylic acids is 1. The molecule has 0 aliphatic heterocycles. The number of hydrogen-bond acceptors (Lipinski definition) is 2. The summed E-state index contributed by atoms with van der Waals surface area (Å²) < 4.78 is 5.11. The van der Waals surface area contributed by atoms with Crippen LogP contribution in [-0.4, -0.2) is 12.6 Å². The lowest BCUT2D eigenvalue weighted by atomic mass is 10.1. The third-order valence-corrected chi connectivity index (χ3v) is 2.50. The van der Waals surface area contributed by atoms with Gasteiger partial charge in [0.2, 0.25) is 0 Å². The molecule has 0 rings (SSSR count). The lowest BCUT2D eigenvalue weighted by Crippen LogP contribution is -2.05. The van der Waals surface area contributed by atoms with Crippen molar-refractivity contribution in [1.29, 1.82) is 0 Å². The van der Waals surface area contributed by atoms with Gasteiger partial charge in [-0.15, -0.1) is 0 Å². The molecule has 0 atom stereocenters. The van der Waals surface area contributed by atoms with Crippen molar-refractivity contribution in [1.82, 2.24) is 0 Å². The van der Waals surface area contributed by atoms with E-state index in [1.54, 1.807) is 0 Å². The van der Waals surface area contributed by atoms with E-state index in [4.69, 9.17) is 4.74 Å². The zero-order valence-corrected chi connectivity index (χ0v) is 10.4. The van der Waals surface area contributed by atoms with Crippen molar-refractivity contribution in [3.63, 3.8) is 0 Å². The van der Waals surface area contributed by atoms with Crippen LogP contribution >= 0.6 is 0 Å². The summed E-state index contributed by atoms with van der Waals surface area (Å²) in [6, 6.07) is 0. The highest BCUT2D eigenvalue weighted by Crippen LogP contribution is 2.06. The zero-order chi connectivity index (χ0) is 11.4. The van der Waals surface area contributed by atoms with Gasteiger partial charge in [-0.3, -0.25) is 4.79 Å². The minimum absolute atomic E-state index is 0.0115. The lowest BCUT2D eigenvalue weighted by molar-refractivity contribution is -0.143. The molecule has 0 N–H and O–H groups in total. The fraction of sp³-hybridized carbons (Fsp3) is 0.923. The molecule has 0 saturated carbocycles. The average Bonchev–Trinajstić information content (AvgIpc) is 2.24. The molecule has 0 spiro atoms. The summed E-state index contributed by atoms with van der Waals surface area (Å²) in [5, 5.41) is 0. The summed E-state index contributed by atoms with van der Waals surface area (Å²) in [5.41, 5.74) is 0. The van der Waals surface area contributed by atoms with Crippen LogP contribution in [-0.2, 0) is 9.53 Å². The Kier molecular flexibility index (Phi) is 11.1. The third kappa shape index (κ3) is 11.4. The van der Waals surface area contributed by atoms with Gasteiger partial charge >= 0.3 is 5.97 Å². The summed E-state index contributed by atoms with van der Waals surface area (Å²) in [7, 11) is 0. The Labute approximate surface area is 94.4 Å². The molecule has 0 aliphatic carbocycles. The Bertz CT molecular complexity index is 143. The SMILES string of the molecule is CCCCCCCC(=O)OCCCCC. The van der Waals surface area contributed by atoms with Crippen molar-refractivity contribution in [3.05, 3.63) is 0 Å². The smallest absolute Gasteiger partial charge is 0.305 e. The number of esters is 1. The highest BCUT2D eigenvalue weighted by atomic mass is 16.5. The van der Waals surface area contributed by atoms with Crippen molar-refractivity contribution in [2.75, 3.05) is 6.61 Å². The monoisotopic (exact) mass is 214 g/mol. The second kappa shape index (κ2) is 11.5. The first kappa shape index (κ1) is 14.5. The fourth-order valence-corrected chi connectivity index (χ4v) is 1.48. The topological polar surface area (TPSA) is 26.3 Å². The second-order valence-electron chi connectivity index (χ2n) is 4.09. The molecule has 0 aliphatic rings. The molecule has 2 heteroatoms. The molecule has 0 amide bonds. The normalized spacial score (nSPS) is 10.3. The van der Waals surface area contributed by atoms with E-state index in [2.05, 4.69) is 13.8 Å². The molecule has 0 bridgehead atoms. The standard InChI is InChI=1S/C13H26O2/c1-3-5-7-8-9-11-13(14)15-12-10-6-4-2/h3-12H2,1-2H3. The molecule has 0 aromatic rings. The number of carbonyl (C=O) groups is 1. The number of ether oxygens (including phenoxy) is 1. The van der Waals surface area contributed by atoms with Gasteiger partial charge in [-0.05, 0) is 12.8 Å². The van der Waals surface area contributed by atoms with Crippen LogP contribution in [0, 0.1) is 0 Å². The number of rotatable bonds is 10. The third-order valence-electron chi connectivity index (χ3n) is 2.50. The molecule has 90 valence electrons. The van der Waals surface area contributed by atoms with E-state index in [9.17, 15) is 4.79 Å². The van der Waals surface area contributed by atoms with Crippen molar-refractivity contribution in [3.8, 4) is 0 Å². The van der Waals surface area contributed by atoms with Crippen LogP contribution in [0.15, 0.2) is 0 Å². The van der Waals surface area contributed by atoms with Gasteiger partial charge in [0, 0.05) is 6.42 Å². The van der Waals surface area contributed by atoms with Gasteiger partial charge in [0.1, 0.15) is 0 Å². The van der Waals surface area contributed by atoms with Crippen LogP contribution in [0.25, 0.3) is 0 Å². The average molecular weight is 214 g/mol. The van der Waals surface area contributed by atoms with E-state index in [0.29, 0.717) is 13.0 Å². The van der Waals surface area contributed by atoms with E-state index in [0.717, 1.165) is 25.7 Å². The Hall–Kier alpha value is -0.530. The van der Waals surface area contributed by atoms with Gasteiger partial charge in [-0.25, -0.2) is 0 Å². The van der Waals surface area contributed by atoms with E-state index in [1.807, 2.05) is 0 Å². The maximum atomic E-state index is 11.2. The van der Waals surface area contributed by atoms with Crippen LogP contribution in [0.2, 0.25) is 0 Å². The van der Waals surface area contributed by atoms with E-state index in [-0.39, 0.29) is 5.97 Å². The number of unbranched alkanes of at least 4 members (excludes halogenated alkanes) is 6. The number of hydrogen-bond donors (Lipinski definition) is 0. The van der Waals surface area contributed by atoms with Crippen molar-refractivity contribution in [2.45, 2.75) is 71.6 Å². The van der Waals surface area contributed by atoms with Gasteiger partial charge in [0.25, 0.3) is 0 Å². The first-order chi connectivity index (χ1) is 7.31. The van der Waals surface area contributed by atoms with Gasteiger partial charge in [0.05, 0.1) is 6.61 Å². The van der Waals surface area contributed by atoms with Crippen molar-refractivity contribution < 1.29 is 9.53 Å². The largest absolute Gasteiger partial charge is 0.466 e. The first-order valence-corrected chi connectivity index (χ1v) is 6.46. The van der Waals surface area contributed by atoms with E-state index < -0.39 is 0 Å². The first-order valence-electron chi connectivity index (χ1n) is 6.46. The maximum absolute atomic E-state index is 11.2. The van der Waals surface area contributed by atoms with Crippen LogP contribution in [0.5, 0.6) is 0 Å². The molecule has 2 nitrogen and oxygen atoms in total. The minimum Gasteiger partial charge on any atom is -0.466 e. The summed E-state index contributed by atoms with van der Waals surface area (Å²) in [6.07, 6.45) is 9.89. The zero-order valence-electron chi connectivity index (χ0n) is 10.4. The fourth-order valence-electron chi connectivity index (χ4n) is 1.48. The Morgan fingerprint density at radius 2 is 1.47 bits per heavy atom. The Morgan fingerprint density at radius 1 is 0.867 bits per heavy atom. The molecular formula is C13H26O2. The molecule has 15 heavy (non-hydrogen) atoms. The Morgan fingerprint density at radius 3 is 2.13 bits per heavy atom. The predicted octanol–water partition coefficient (Wildman–Crippen LogP) is 4.08. The molecule has 0 fully saturated rings. The Balaban J connectivity index is 3.11. The van der Waals surface area contributed by atoms with Crippen LogP contribution in [0.3, 0.4) is 0 Å². The molecule has 0 saturated heterocycles. The summed E-state index contributed by atoms with van der Waals surface area (Å²) in [5.74, 6) is -0.0115. The minimum atomic E-state index is -0.0115. The lowest BCUT2D eigenvalue weighted by Gasteiger charge is -2.03. The van der Waals surface area contributed by atoms with Gasteiger partial charge in [0.15, 0.2) is 0 Å². The maximum Gasteiger partial charge on any atom is 0.305 e. The second-order valence-corrected chi connectivity index (χ2v) is 4.09. The predicted molar refractivity (Wildman–Crippen MR) is 63.9 cm³/mol. The molecule has 0 aromatic carbocycles. The van der Waals surface area contributed by atoms with Crippen LogP contribution in [0.4, 0.5) is 0 Å². The quantitative estimate of drug-likeness (QED) is 0.404. The van der Waals surface area contributed by atoms with Gasteiger partial charge in [-0.2, -0.15) is 0 Å². The summed E-state index contributed by atoms with van der Waals surface area (Å²) in [6.45, 7) is 4.96. The highest BCUT2D eigenvalue weighted by Gasteiger charge is 2.01. The van der Waals surface area contributed by atoms with E-state index >= 15 is 0 Å². The highest BCUT2D eigenvalue weighted by molar-refractivity contribution is 5.69. The molecule has 0 radical (unpaired) electrons. The summed E-state index contributed by atoms with van der Waals surface area (Å²) in [4.78, 5) is 11.2. The summed E-state index contributed by atoms with van der Waals surface area (Å²) >= 11 is 0.